The molecule has 2 aromatic carbocycles. The number of carboxylic acid groups (broad SMARTS) is 1. The van der Waals surface area contributed by atoms with Crippen LogP contribution in [-0.2, 0) is 21.2 Å². The Morgan fingerprint density at radius 2 is 1.88 bits per heavy atom. The van der Waals surface area contributed by atoms with Gasteiger partial charge in [-0.3, -0.25) is 4.31 Å². The molecule has 10 heteroatoms. The van der Waals surface area contributed by atoms with Gasteiger partial charge in [-0.1, -0.05) is 35.0 Å². The highest BCUT2D eigenvalue weighted by molar-refractivity contribution is 9.10. The molecule has 0 spiro atoms. The summed E-state index contributed by atoms with van der Waals surface area (Å²) in [6.45, 7) is 1.90. The molecule has 1 N–H and O–H groups in total. The summed E-state index contributed by atoms with van der Waals surface area (Å²) < 4.78 is 36.2. The zero-order chi connectivity index (χ0) is 23.8. The number of anilines is 1. The number of nitriles is 1. The van der Waals surface area contributed by atoms with Crippen LogP contribution in [0.4, 0.5) is 10.5 Å². The predicted octanol–water partition coefficient (Wildman–Crippen LogP) is 5.01. The monoisotopic (exact) mass is 529 g/mol. The summed E-state index contributed by atoms with van der Waals surface area (Å²) in [6, 6.07) is 16.9. The van der Waals surface area contributed by atoms with E-state index in [1.165, 1.54) is 16.4 Å². The van der Waals surface area contributed by atoms with Crippen LogP contribution in [0.5, 0.6) is 0 Å². The molecule has 4 rings (SSSR count). The molecule has 0 radical (unpaired) electrons. The average molecular weight is 530 g/mol. The summed E-state index contributed by atoms with van der Waals surface area (Å²) in [5, 5.41) is 18.2. The van der Waals surface area contributed by atoms with Crippen molar-refractivity contribution in [3.05, 3.63) is 76.0 Å². The summed E-state index contributed by atoms with van der Waals surface area (Å²) in [5.41, 5.74) is 3.03. The SMILES string of the molecule is CCC1c2ccc(C#N)n2-c2ccc(Br)cc2N1S(=O)(=O)c1ccc(CCOC(=O)O)cc1. The van der Waals surface area contributed by atoms with Gasteiger partial charge in [-0.15, -0.1) is 0 Å². The molecular weight excluding hydrogens is 510 g/mol. The molecule has 0 fully saturated rings. The van der Waals surface area contributed by atoms with Crippen molar-refractivity contribution in [2.75, 3.05) is 10.9 Å². The molecule has 2 heterocycles. The normalized spacial score (nSPS) is 14.8. The van der Waals surface area contributed by atoms with Crippen molar-refractivity contribution in [3.63, 3.8) is 0 Å². The van der Waals surface area contributed by atoms with Crippen LogP contribution < -0.4 is 4.31 Å². The predicted molar refractivity (Wildman–Crippen MR) is 125 cm³/mol. The van der Waals surface area contributed by atoms with Crippen molar-refractivity contribution < 1.29 is 23.1 Å². The minimum absolute atomic E-state index is 0.00885. The van der Waals surface area contributed by atoms with Crippen LogP contribution in [0.15, 0.2) is 64.0 Å². The minimum atomic E-state index is -3.95. The number of rotatable bonds is 6. The van der Waals surface area contributed by atoms with Crippen molar-refractivity contribution in [3.8, 4) is 11.8 Å². The number of aromatic nitrogens is 1. The Balaban J connectivity index is 1.78. The van der Waals surface area contributed by atoms with Gasteiger partial charge in [-0.25, -0.2) is 13.2 Å². The summed E-state index contributed by atoms with van der Waals surface area (Å²) >= 11 is 3.44. The smallest absolute Gasteiger partial charge is 0.450 e. The van der Waals surface area contributed by atoms with Crippen molar-refractivity contribution in [2.45, 2.75) is 30.7 Å². The molecule has 0 amide bonds. The quantitative estimate of drug-likeness (QED) is 0.449. The first-order valence-electron chi connectivity index (χ1n) is 10.2. The highest BCUT2D eigenvalue weighted by Crippen LogP contribution is 2.45. The number of nitrogens with zero attached hydrogens (tertiary/aromatic N) is 3. The maximum Gasteiger partial charge on any atom is 0.505 e. The molecule has 0 saturated heterocycles. The number of ether oxygens (including phenoxy) is 1. The second-order valence-electron chi connectivity index (χ2n) is 7.46. The van der Waals surface area contributed by atoms with Gasteiger partial charge in [-0.05, 0) is 54.4 Å². The summed E-state index contributed by atoms with van der Waals surface area (Å²) in [4.78, 5) is 10.6. The lowest BCUT2D eigenvalue weighted by atomic mass is 10.1. The first-order valence-corrected chi connectivity index (χ1v) is 12.4. The molecule has 170 valence electrons. The van der Waals surface area contributed by atoms with Gasteiger partial charge in [0.2, 0.25) is 0 Å². The molecule has 0 saturated carbocycles. The first kappa shape index (κ1) is 22.9. The number of fused-ring (bicyclic) bond motifs is 3. The first-order chi connectivity index (χ1) is 15.8. The third-order valence-corrected chi connectivity index (χ3v) is 7.88. The van der Waals surface area contributed by atoms with Crippen molar-refractivity contribution in [1.82, 2.24) is 4.57 Å². The van der Waals surface area contributed by atoms with Gasteiger partial charge >= 0.3 is 6.16 Å². The standard InChI is InChI=1S/C23H20BrN3O5S/c1-2-19-20-10-6-17(14-25)26(20)21-9-5-16(24)13-22(21)27(19)33(30,31)18-7-3-15(4-8-18)11-12-32-23(28)29/h3-10,13,19H,2,11-12H2,1H3,(H,28,29). The van der Waals surface area contributed by atoms with Gasteiger partial charge in [0, 0.05) is 16.6 Å². The fraction of sp³-hybridized carbons (Fsp3) is 0.217. The van der Waals surface area contributed by atoms with Crippen LogP contribution in [0.2, 0.25) is 0 Å². The van der Waals surface area contributed by atoms with Crippen molar-refractivity contribution in [1.29, 1.82) is 5.26 Å². The topological polar surface area (TPSA) is 113 Å². The van der Waals surface area contributed by atoms with E-state index in [0.29, 0.717) is 29.9 Å². The third-order valence-electron chi connectivity index (χ3n) is 5.55. The van der Waals surface area contributed by atoms with Gasteiger partial charge in [0.1, 0.15) is 11.8 Å². The lowest BCUT2D eigenvalue weighted by molar-refractivity contribution is 0.0927. The Hall–Kier alpha value is -3.29. The zero-order valence-corrected chi connectivity index (χ0v) is 20.0. The lowest BCUT2D eigenvalue weighted by Gasteiger charge is -2.38. The number of hydrogen-bond acceptors (Lipinski definition) is 5. The molecule has 3 aromatic rings. The van der Waals surface area contributed by atoms with Gasteiger partial charge in [-0.2, -0.15) is 5.26 Å². The number of carbonyl (C=O) groups is 1. The van der Waals surface area contributed by atoms with Gasteiger partial charge in [0.25, 0.3) is 10.0 Å². The van der Waals surface area contributed by atoms with Crippen LogP contribution >= 0.6 is 15.9 Å². The van der Waals surface area contributed by atoms with Crippen LogP contribution in [0.1, 0.15) is 36.3 Å². The van der Waals surface area contributed by atoms with Crippen molar-refractivity contribution in [2.24, 2.45) is 0 Å². The number of sulfonamides is 1. The second-order valence-corrected chi connectivity index (χ2v) is 10.2. The van der Waals surface area contributed by atoms with E-state index in [2.05, 4.69) is 26.7 Å². The molecular formula is C23H20BrN3O5S. The van der Waals surface area contributed by atoms with E-state index in [1.54, 1.807) is 36.4 Å². The minimum Gasteiger partial charge on any atom is -0.450 e. The molecule has 0 bridgehead atoms. The highest BCUT2D eigenvalue weighted by atomic mass is 79.9. The Morgan fingerprint density at radius 1 is 1.15 bits per heavy atom. The van der Waals surface area contributed by atoms with Crippen LogP contribution in [0.25, 0.3) is 5.69 Å². The number of halogens is 1. The maximum absolute atomic E-state index is 13.9. The van der Waals surface area contributed by atoms with E-state index in [4.69, 9.17) is 5.11 Å². The average Bonchev–Trinajstić information content (AvgIpc) is 3.22. The molecule has 1 atom stereocenters. The Morgan fingerprint density at radius 3 is 2.52 bits per heavy atom. The lowest BCUT2D eigenvalue weighted by Crippen LogP contribution is -2.39. The van der Waals surface area contributed by atoms with Crippen LogP contribution in [0.3, 0.4) is 0 Å². The molecule has 1 aliphatic heterocycles. The third kappa shape index (κ3) is 4.10. The molecule has 1 aromatic heterocycles. The molecule has 0 aliphatic carbocycles. The van der Waals surface area contributed by atoms with E-state index in [-0.39, 0.29) is 11.5 Å². The van der Waals surface area contributed by atoms with E-state index in [0.717, 1.165) is 15.7 Å². The molecule has 33 heavy (non-hydrogen) atoms. The Bertz CT molecular complexity index is 1360. The van der Waals surface area contributed by atoms with E-state index in [9.17, 15) is 18.5 Å². The second kappa shape index (κ2) is 8.92. The van der Waals surface area contributed by atoms with Gasteiger partial charge in [0.05, 0.1) is 28.9 Å². The number of hydrogen-bond donors (Lipinski definition) is 1. The molecule has 8 nitrogen and oxygen atoms in total. The van der Waals surface area contributed by atoms with Crippen LogP contribution in [-0.4, -0.2) is 30.9 Å². The molecule has 1 aliphatic rings. The fourth-order valence-electron chi connectivity index (χ4n) is 4.09. The van der Waals surface area contributed by atoms with E-state index in [1.807, 2.05) is 17.6 Å². The Labute approximate surface area is 199 Å². The zero-order valence-electron chi connectivity index (χ0n) is 17.6. The van der Waals surface area contributed by atoms with Gasteiger partial charge in [0.15, 0.2) is 0 Å². The summed E-state index contributed by atoms with van der Waals surface area (Å²) in [7, 11) is -3.95. The molecule has 1 unspecified atom stereocenters. The van der Waals surface area contributed by atoms with E-state index < -0.39 is 22.2 Å². The maximum atomic E-state index is 13.9. The van der Waals surface area contributed by atoms with Gasteiger partial charge < -0.3 is 14.4 Å². The largest absolute Gasteiger partial charge is 0.505 e. The summed E-state index contributed by atoms with van der Waals surface area (Å²) in [5.74, 6) is 0. The fourth-order valence-corrected chi connectivity index (χ4v) is 6.14. The van der Waals surface area contributed by atoms with Crippen LogP contribution in [0, 0.1) is 11.3 Å². The van der Waals surface area contributed by atoms with Crippen molar-refractivity contribution >= 4 is 37.8 Å². The number of benzene rings is 2. The van der Waals surface area contributed by atoms with E-state index >= 15 is 0 Å². The highest BCUT2D eigenvalue weighted by Gasteiger charge is 2.39. The summed E-state index contributed by atoms with van der Waals surface area (Å²) in [6.07, 6.45) is -0.502. The Kier molecular flexibility index (Phi) is 6.19.